The van der Waals surface area contributed by atoms with Crippen LogP contribution in [0, 0.1) is 28.6 Å². The van der Waals surface area contributed by atoms with Gasteiger partial charge in [-0.05, 0) is 63.7 Å². The van der Waals surface area contributed by atoms with Crippen LogP contribution in [0.2, 0.25) is 0 Å². The molecular weight excluding hydrogens is 472 g/mol. The van der Waals surface area contributed by atoms with Crippen molar-refractivity contribution in [1.82, 2.24) is 0 Å². The van der Waals surface area contributed by atoms with Gasteiger partial charge in [-0.2, -0.15) is 0 Å². The molecule has 0 bridgehead atoms. The molecule has 4 aliphatic rings. The van der Waals surface area contributed by atoms with E-state index < -0.39 is 40.0 Å². The van der Waals surface area contributed by atoms with Crippen LogP contribution in [0.1, 0.15) is 93.4 Å². The van der Waals surface area contributed by atoms with E-state index in [0.717, 1.165) is 11.1 Å². The van der Waals surface area contributed by atoms with E-state index in [1.54, 1.807) is 0 Å². The number of aliphatic hydroxyl groups is 2. The number of carbonyl (C=O) groups is 3. The fourth-order valence-corrected chi connectivity index (χ4v) is 8.28. The SMILES string of the molecule is CC(=O)O[C@H]1CC[C@@]2(C)C(=CC[C@]3(O)[C@@H]2C[C@@H](OC(=O)/C=C(\C)C(C)C)[C@]2(C)[C@H](C(C)=O)CC[C@@]23O)C1. The zero-order valence-electron chi connectivity index (χ0n) is 23.4. The van der Waals surface area contributed by atoms with Crippen LogP contribution in [0.15, 0.2) is 23.3 Å². The van der Waals surface area contributed by atoms with E-state index in [0.29, 0.717) is 32.1 Å². The molecule has 0 aromatic rings. The molecule has 2 N–H and O–H groups in total. The van der Waals surface area contributed by atoms with Crippen molar-refractivity contribution in [2.45, 2.75) is 117 Å². The molecule has 37 heavy (non-hydrogen) atoms. The van der Waals surface area contributed by atoms with Crippen LogP contribution in [0.4, 0.5) is 0 Å². The van der Waals surface area contributed by atoms with Crippen molar-refractivity contribution in [2.24, 2.45) is 28.6 Å². The molecule has 8 atom stereocenters. The van der Waals surface area contributed by atoms with Gasteiger partial charge in [0.1, 0.15) is 29.2 Å². The van der Waals surface area contributed by atoms with Gasteiger partial charge >= 0.3 is 11.9 Å². The Morgan fingerprint density at radius 3 is 2.32 bits per heavy atom. The highest BCUT2D eigenvalue weighted by Crippen LogP contribution is 2.70. The Kier molecular flexibility index (Phi) is 7.07. The molecule has 0 radical (unpaired) electrons. The molecule has 0 heterocycles. The fraction of sp³-hybridized carbons (Fsp3) is 0.767. The zero-order chi connectivity index (χ0) is 27.6. The van der Waals surface area contributed by atoms with Gasteiger partial charge in [0, 0.05) is 36.7 Å². The van der Waals surface area contributed by atoms with Crippen LogP contribution in [0.25, 0.3) is 0 Å². The van der Waals surface area contributed by atoms with Crippen LogP contribution >= 0.6 is 0 Å². The van der Waals surface area contributed by atoms with Crippen molar-refractivity contribution in [2.75, 3.05) is 0 Å². The number of esters is 2. The fourth-order valence-electron chi connectivity index (χ4n) is 8.28. The number of allylic oxidation sites excluding steroid dienone is 1. The Balaban J connectivity index is 1.77. The highest BCUT2D eigenvalue weighted by Gasteiger charge is 2.77. The molecule has 0 amide bonds. The number of ether oxygens (including phenoxy) is 2. The van der Waals surface area contributed by atoms with Gasteiger partial charge in [0.2, 0.25) is 0 Å². The number of Topliss-reactive ketones (excluding diaryl/α,β-unsaturated/α-hetero) is 1. The van der Waals surface area contributed by atoms with Crippen molar-refractivity contribution in [3.63, 3.8) is 0 Å². The van der Waals surface area contributed by atoms with Crippen LogP contribution in [0.5, 0.6) is 0 Å². The minimum atomic E-state index is -1.60. The molecule has 4 aliphatic carbocycles. The molecule has 3 saturated carbocycles. The standard InChI is InChI=1S/C30H44O7/c1-17(2)18(3)14-26(33)37-25-16-24-27(6)11-9-22(36-20(5)32)15-21(27)8-12-29(24,34)30(35)13-10-23(19(4)31)28(25,30)7/h8,14,17,22-25,34-35H,9-13,15-16H2,1-7H3/b18-14+/t22-,23-,24+,25+,27-,28-,29-,30+/m0/s1. The molecule has 4 rings (SSSR count). The lowest BCUT2D eigenvalue weighted by atomic mass is 9.43. The smallest absolute Gasteiger partial charge is 0.330 e. The minimum Gasteiger partial charge on any atom is -0.462 e. The highest BCUT2D eigenvalue weighted by molar-refractivity contribution is 5.83. The molecule has 0 unspecified atom stereocenters. The maximum Gasteiger partial charge on any atom is 0.330 e. The van der Waals surface area contributed by atoms with Gasteiger partial charge in [-0.1, -0.05) is 44.9 Å². The lowest BCUT2D eigenvalue weighted by Gasteiger charge is -2.66. The first-order chi connectivity index (χ1) is 17.1. The first-order valence-electron chi connectivity index (χ1n) is 13.8. The lowest BCUT2D eigenvalue weighted by Crippen LogP contribution is -2.75. The average molecular weight is 517 g/mol. The van der Waals surface area contributed by atoms with E-state index in [1.165, 1.54) is 19.9 Å². The predicted octanol–water partition coefficient (Wildman–Crippen LogP) is 4.44. The summed E-state index contributed by atoms with van der Waals surface area (Å²) in [6, 6.07) is 0. The Hall–Kier alpha value is -1.99. The van der Waals surface area contributed by atoms with Gasteiger partial charge in [0.15, 0.2) is 0 Å². The number of hydrogen-bond acceptors (Lipinski definition) is 7. The Labute approximate surface area is 220 Å². The number of rotatable bonds is 5. The Morgan fingerprint density at radius 2 is 1.73 bits per heavy atom. The summed E-state index contributed by atoms with van der Waals surface area (Å²) in [7, 11) is 0. The molecule has 0 spiro atoms. The predicted molar refractivity (Wildman–Crippen MR) is 138 cm³/mol. The van der Waals surface area contributed by atoms with Crippen LogP contribution in [0.3, 0.4) is 0 Å². The summed E-state index contributed by atoms with van der Waals surface area (Å²) in [4.78, 5) is 37.5. The summed E-state index contributed by atoms with van der Waals surface area (Å²) in [6.07, 6.45) is 5.83. The quantitative estimate of drug-likeness (QED) is 0.316. The third kappa shape index (κ3) is 4.12. The average Bonchev–Trinajstić information content (AvgIpc) is 3.09. The number of hydrogen-bond donors (Lipinski definition) is 2. The first kappa shape index (κ1) is 28.0. The van der Waals surface area contributed by atoms with Crippen molar-refractivity contribution < 1.29 is 34.1 Å². The minimum absolute atomic E-state index is 0.0597. The van der Waals surface area contributed by atoms with Gasteiger partial charge in [-0.25, -0.2) is 4.79 Å². The van der Waals surface area contributed by atoms with Gasteiger partial charge < -0.3 is 19.7 Å². The van der Waals surface area contributed by atoms with E-state index in [1.807, 2.05) is 33.8 Å². The van der Waals surface area contributed by atoms with Gasteiger partial charge in [0.05, 0.1) is 0 Å². The third-order valence-corrected chi connectivity index (χ3v) is 10.8. The van der Waals surface area contributed by atoms with E-state index in [-0.39, 0.29) is 42.5 Å². The second-order valence-corrected chi connectivity index (χ2v) is 12.9. The molecular formula is C30H44O7. The van der Waals surface area contributed by atoms with Crippen molar-refractivity contribution in [3.05, 3.63) is 23.3 Å². The monoisotopic (exact) mass is 516 g/mol. The summed E-state index contributed by atoms with van der Waals surface area (Å²) < 4.78 is 11.7. The van der Waals surface area contributed by atoms with E-state index in [4.69, 9.17) is 9.47 Å². The van der Waals surface area contributed by atoms with Crippen molar-refractivity contribution in [3.8, 4) is 0 Å². The van der Waals surface area contributed by atoms with Gasteiger partial charge in [-0.15, -0.1) is 0 Å². The molecule has 0 aromatic heterocycles. The third-order valence-electron chi connectivity index (χ3n) is 10.8. The second-order valence-electron chi connectivity index (χ2n) is 12.9. The number of fused-ring (bicyclic) bond motifs is 5. The molecule has 0 saturated heterocycles. The lowest BCUT2D eigenvalue weighted by molar-refractivity contribution is -0.299. The van der Waals surface area contributed by atoms with Crippen LogP contribution in [-0.2, 0) is 23.9 Å². The maximum absolute atomic E-state index is 13.1. The zero-order valence-corrected chi connectivity index (χ0v) is 23.4. The molecule has 3 fully saturated rings. The summed E-state index contributed by atoms with van der Waals surface area (Å²) in [6.45, 7) is 12.8. The van der Waals surface area contributed by atoms with E-state index >= 15 is 0 Å². The van der Waals surface area contributed by atoms with Crippen molar-refractivity contribution in [1.29, 1.82) is 0 Å². The topological polar surface area (TPSA) is 110 Å². The van der Waals surface area contributed by atoms with Crippen LogP contribution in [-0.4, -0.2) is 51.3 Å². The van der Waals surface area contributed by atoms with Gasteiger partial charge in [-0.3, -0.25) is 9.59 Å². The first-order valence-corrected chi connectivity index (χ1v) is 13.8. The number of carbonyl (C=O) groups excluding carboxylic acids is 3. The van der Waals surface area contributed by atoms with Gasteiger partial charge in [0.25, 0.3) is 0 Å². The summed E-state index contributed by atoms with van der Waals surface area (Å²) in [5, 5.41) is 24.9. The van der Waals surface area contributed by atoms with Crippen LogP contribution < -0.4 is 0 Å². The summed E-state index contributed by atoms with van der Waals surface area (Å²) in [5.74, 6) is -1.55. The van der Waals surface area contributed by atoms with Crippen molar-refractivity contribution >= 4 is 17.7 Å². The molecule has 0 aliphatic heterocycles. The Morgan fingerprint density at radius 1 is 1.05 bits per heavy atom. The Bertz CT molecular complexity index is 1040. The normalized spacial score (nSPS) is 43.3. The molecule has 7 nitrogen and oxygen atoms in total. The molecule has 7 heteroatoms. The summed E-state index contributed by atoms with van der Waals surface area (Å²) >= 11 is 0. The number of ketones is 1. The maximum atomic E-state index is 13.1. The van der Waals surface area contributed by atoms with E-state index in [9.17, 15) is 24.6 Å². The largest absolute Gasteiger partial charge is 0.462 e. The second kappa shape index (κ2) is 9.33. The molecule has 206 valence electrons. The van der Waals surface area contributed by atoms with E-state index in [2.05, 4.69) is 6.92 Å². The highest BCUT2D eigenvalue weighted by atomic mass is 16.5. The summed E-state index contributed by atoms with van der Waals surface area (Å²) in [5.41, 5.74) is -2.62. The molecule has 0 aromatic carbocycles.